The van der Waals surface area contributed by atoms with E-state index in [-0.39, 0.29) is 17.8 Å². The molecule has 15 heavy (non-hydrogen) atoms. The number of halogens is 1. The van der Waals surface area contributed by atoms with Gasteiger partial charge in [-0.2, -0.15) is 0 Å². The van der Waals surface area contributed by atoms with Gasteiger partial charge < -0.3 is 15.0 Å². The second-order valence-electron chi connectivity index (χ2n) is 5.11. The van der Waals surface area contributed by atoms with Crippen LogP contribution in [0, 0.1) is 5.41 Å². The lowest BCUT2D eigenvalue weighted by molar-refractivity contribution is 0.0763. The molecule has 1 saturated heterocycles. The molecule has 0 saturated carbocycles. The molecule has 1 rings (SSSR count). The number of rotatable bonds is 5. The van der Waals surface area contributed by atoms with Crippen LogP contribution < -0.4 is 5.32 Å². The first-order chi connectivity index (χ1) is 6.57. The molecule has 0 aliphatic carbocycles. The summed E-state index contributed by atoms with van der Waals surface area (Å²) in [5.74, 6) is 0. The van der Waals surface area contributed by atoms with Crippen LogP contribution in [-0.4, -0.2) is 51.3 Å². The summed E-state index contributed by atoms with van der Waals surface area (Å²) in [5.41, 5.74) is 0.275. The predicted octanol–water partition coefficient (Wildman–Crippen LogP) is 1.37. The van der Waals surface area contributed by atoms with Gasteiger partial charge in [0.15, 0.2) is 0 Å². The van der Waals surface area contributed by atoms with Crippen LogP contribution in [0.5, 0.6) is 0 Å². The molecule has 0 aromatic carbocycles. The summed E-state index contributed by atoms with van der Waals surface area (Å²) < 4.78 is 5.23. The number of methoxy groups -OCH3 is 1. The molecule has 92 valence electrons. The van der Waals surface area contributed by atoms with Gasteiger partial charge in [0.25, 0.3) is 0 Å². The molecule has 0 radical (unpaired) electrons. The van der Waals surface area contributed by atoms with Crippen molar-refractivity contribution < 1.29 is 4.74 Å². The van der Waals surface area contributed by atoms with Crippen LogP contribution in [0.25, 0.3) is 0 Å². The Kier molecular flexibility index (Phi) is 6.76. The Balaban J connectivity index is 0.00000196. The Morgan fingerprint density at radius 2 is 2.13 bits per heavy atom. The van der Waals surface area contributed by atoms with E-state index in [1.54, 1.807) is 7.11 Å². The number of likely N-dealkylation sites (tertiary alicyclic amines) is 1. The fourth-order valence-corrected chi connectivity index (χ4v) is 2.25. The Morgan fingerprint density at radius 3 is 2.60 bits per heavy atom. The molecule has 1 N–H and O–H groups in total. The summed E-state index contributed by atoms with van der Waals surface area (Å²) in [6.07, 6.45) is 1.28. The molecule has 1 aliphatic heterocycles. The third kappa shape index (κ3) is 5.16. The Labute approximate surface area is 100.0 Å². The van der Waals surface area contributed by atoms with Crippen molar-refractivity contribution >= 4 is 12.4 Å². The molecular weight excluding hydrogens is 212 g/mol. The Bertz CT molecular complexity index is 176. The summed E-state index contributed by atoms with van der Waals surface area (Å²) >= 11 is 0. The minimum Gasteiger partial charge on any atom is -0.384 e. The van der Waals surface area contributed by atoms with Gasteiger partial charge in [0.05, 0.1) is 6.61 Å². The highest BCUT2D eigenvalue weighted by molar-refractivity contribution is 5.85. The minimum atomic E-state index is 0. The summed E-state index contributed by atoms with van der Waals surface area (Å²) in [6.45, 7) is 8.92. The smallest absolute Gasteiger partial charge is 0.0525 e. The molecule has 0 spiro atoms. The van der Waals surface area contributed by atoms with Crippen molar-refractivity contribution in [3.63, 3.8) is 0 Å². The predicted molar refractivity (Wildman–Crippen MR) is 66.8 cm³/mol. The average molecular weight is 237 g/mol. The van der Waals surface area contributed by atoms with Crippen molar-refractivity contribution in [2.24, 2.45) is 5.41 Å². The fourth-order valence-electron chi connectivity index (χ4n) is 2.25. The molecule has 0 bridgehead atoms. The number of nitrogens with zero attached hydrogens (tertiary/aromatic N) is 1. The normalized spacial score (nSPS) is 22.8. The van der Waals surface area contributed by atoms with Crippen LogP contribution in [0.15, 0.2) is 0 Å². The van der Waals surface area contributed by atoms with Crippen LogP contribution in [0.1, 0.15) is 20.3 Å². The zero-order chi connectivity index (χ0) is 10.6. The Morgan fingerprint density at radius 1 is 1.47 bits per heavy atom. The second kappa shape index (κ2) is 6.69. The SMILES string of the molecule is CNC1CCN(CC(C)(C)COC)C1.Cl. The molecule has 4 heteroatoms. The summed E-state index contributed by atoms with van der Waals surface area (Å²) in [5, 5.41) is 3.34. The van der Waals surface area contributed by atoms with Crippen LogP contribution in [-0.2, 0) is 4.74 Å². The van der Waals surface area contributed by atoms with Crippen molar-refractivity contribution in [3.8, 4) is 0 Å². The van der Waals surface area contributed by atoms with Crippen molar-refractivity contribution in [1.29, 1.82) is 0 Å². The van der Waals surface area contributed by atoms with Gasteiger partial charge in [-0.25, -0.2) is 0 Å². The molecule has 1 aliphatic rings. The largest absolute Gasteiger partial charge is 0.384 e. The number of hydrogen-bond acceptors (Lipinski definition) is 3. The van der Waals surface area contributed by atoms with Gasteiger partial charge in [0.2, 0.25) is 0 Å². The van der Waals surface area contributed by atoms with Crippen molar-refractivity contribution in [2.45, 2.75) is 26.3 Å². The van der Waals surface area contributed by atoms with Crippen molar-refractivity contribution in [2.75, 3.05) is 40.4 Å². The van der Waals surface area contributed by atoms with Gasteiger partial charge >= 0.3 is 0 Å². The molecule has 1 fully saturated rings. The number of nitrogens with one attached hydrogen (secondary N) is 1. The second-order valence-corrected chi connectivity index (χ2v) is 5.11. The molecule has 0 amide bonds. The first-order valence-electron chi connectivity index (χ1n) is 5.46. The molecule has 0 aromatic rings. The molecule has 1 heterocycles. The third-order valence-electron chi connectivity index (χ3n) is 2.87. The average Bonchev–Trinajstić information content (AvgIpc) is 2.51. The monoisotopic (exact) mass is 236 g/mol. The zero-order valence-corrected chi connectivity index (χ0v) is 11.2. The maximum absolute atomic E-state index is 5.23. The van der Waals surface area contributed by atoms with E-state index >= 15 is 0 Å². The van der Waals surface area contributed by atoms with E-state index in [4.69, 9.17) is 4.74 Å². The zero-order valence-electron chi connectivity index (χ0n) is 10.4. The van der Waals surface area contributed by atoms with Gasteiger partial charge in [0, 0.05) is 31.7 Å². The molecule has 0 aromatic heterocycles. The van der Waals surface area contributed by atoms with E-state index in [1.165, 1.54) is 19.5 Å². The molecule has 1 unspecified atom stereocenters. The van der Waals surface area contributed by atoms with E-state index in [1.807, 2.05) is 0 Å². The van der Waals surface area contributed by atoms with E-state index < -0.39 is 0 Å². The highest BCUT2D eigenvalue weighted by atomic mass is 35.5. The minimum absolute atomic E-state index is 0. The van der Waals surface area contributed by atoms with Crippen molar-refractivity contribution in [3.05, 3.63) is 0 Å². The van der Waals surface area contributed by atoms with Gasteiger partial charge in [-0.15, -0.1) is 12.4 Å². The van der Waals surface area contributed by atoms with Gasteiger partial charge in [-0.3, -0.25) is 0 Å². The van der Waals surface area contributed by atoms with Gasteiger partial charge in [-0.1, -0.05) is 13.8 Å². The highest BCUT2D eigenvalue weighted by Gasteiger charge is 2.27. The van der Waals surface area contributed by atoms with E-state index in [9.17, 15) is 0 Å². The molecule has 1 atom stereocenters. The maximum atomic E-state index is 5.23. The standard InChI is InChI=1S/C11H24N2O.ClH/c1-11(2,9-14-4)8-13-6-5-10(7-13)12-3;/h10,12H,5-9H2,1-4H3;1H. The van der Waals surface area contributed by atoms with Gasteiger partial charge in [0.1, 0.15) is 0 Å². The maximum Gasteiger partial charge on any atom is 0.0525 e. The summed E-state index contributed by atoms with van der Waals surface area (Å²) in [7, 11) is 3.83. The number of ether oxygens (including phenoxy) is 1. The number of hydrogen-bond donors (Lipinski definition) is 1. The van der Waals surface area contributed by atoms with E-state index in [0.29, 0.717) is 6.04 Å². The lowest BCUT2D eigenvalue weighted by atomic mass is 9.94. The van der Waals surface area contributed by atoms with E-state index in [0.717, 1.165) is 13.2 Å². The topological polar surface area (TPSA) is 24.5 Å². The summed E-state index contributed by atoms with van der Waals surface area (Å²) in [6, 6.07) is 0.688. The van der Waals surface area contributed by atoms with Crippen LogP contribution in [0.3, 0.4) is 0 Å². The first-order valence-corrected chi connectivity index (χ1v) is 5.46. The lowest BCUT2D eigenvalue weighted by Gasteiger charge is -2.29. The van der Waals surface area contributed by atoms with Crippen LogP contribution >= 0.6 is 12.4 Å². The third-order valence-corrected chi connectivity index (χ3v) is 2.87. The van der Waals surface area contributed by atoms with Crippen molar-refractivity contribution in [1.82, 2.24) is 10.2 Å². The quantitative estimate of drug-likeness (QED) is 0.781. The highest BCUT2D eigenvalue weighted by Crippen LogP contribution is 2.20. The van der Waals surface area contributed by atoms with Crippen LogP contribution in [0.4, 0.5) is 0 Å². The number of likely N-dealkylation sites (N-methyl/N-ethyl adjacent to an activating group) is 1. The Hall–Kier alpha value is 0.170. The van der Waals surface area contributed by atoms with E-state index in [2.05, 4.69) is 31.1 Å². The fraction of sp³-hybridized carbons (Fsp3) is 1.00. The molecular formula is C11H25ClN2O. The summed E-state index contributed by atoms with van der Waals surface area (Å²) in [4.78, 5) is 2.53. The lowest BCUT2D eigenvalue weighted by Crippen LogP contribution is -2.37. The molecule has 3 nitrogen and oxygen atoms in total. The van der Waals surface area contributed by atoms with Gasteiger partial charge in [-0.05, 0) is 20.0 Å². The van der Waals surface area contributed by atoms with Crippen LogP contribution in [0.2, 0.25) is 0 Å². The first kappa shape index (κ1) is 15.2.